The minimum Gasteiger partial charge on any atom is -0.491 e. The van der Waals surface area contributed by atoms with E-state index in [9.17, 15) is 0 Å². The standard InChI is InChI=1S/C24H29ClN4O2/c1-30-13-14-31-20-4-2-3-19(16-20)18-7-10-28(11-8-18)21-9-12-29-22(15-17-5-6-17)26-27-24(29)23(21)25/h2-4,9,12,16-18H,5-8,10-11,13-15H2,1H3. The third kappa shape index (κ3) is 4.51. The molecule has 2 aliphatic rings. The molecule has 2 fully saturated rings. The van der Waals surface area contributed by atoms with Crippen molar-refractivity contribution in [2.45, 2.75) is 38.0 Å². The van der Waals surface area contributed by atoms with E-state index in [0.717, 1.165) is 61.2 Å². The molecule has 0 N–H and O–H groups in total. The monoisotopic (exact) mass is 440 g/mol. The van der Waals surface area contributed by atoms with Gasteiger partial charge in [-0.15, -0.1) is 10.2 Å². The molecule has 0 amide bonds. The van der Waals surface area contributed by atoms with Crippen LogP contribution in [0.15, 0.2) is 36.5 Å². The summed E-state index contributed by atoms with van der Waals surface area (Å²) < 4.78 is 12.9. The molecule has 31 heavy (non-hydrogen) atoms. The van der Waals surface area contributed by atoms with Gasteiger partial charge in [0.2, 0.25) is 0 Å². The van der Waals surface area contributed by atoms with Gasteiger partial charge in [0, 0.05) is 32.8 Å². The molecule has 164 valence electrons. The lowest BCUT2D eigenvalue weighted by Crippen LogP contribution is -2.33. The Morgan fingerprint density at radius 1 is 1.06 bits per heavy atom. The van der Waals surface area contributed by atoms with E-state index in [0.29, 0.717) is 24.2 Å². The molecule has 6 nitrogen and oxygen atoms in total. The van der Waals surface area contributed by atoms with Crippen LogP contribution in [0.5, 0.6) is 5.75 Å². The third-order valence-corrected chi connectivity index (χ3v) is 6.82. The van der Waals surface area contributed by atoms with Crippen molar-refractivity contribution in [3.05, 3.63) is 52.9 Å². The first kappa shape index (κ1) is 20.6. The number of halogens is 1. The van der Waals surface area contributed by atoms with Crippen molar-refractivity contribution in [2.24, 2.45) is 5.92 Å². The predicted molar refractivity (Wildman–Crippen MR) is 122 cm³/mol. The van der Waals surface area contributed by atoms with Crippen LogP contribution in [0.1, 0.15) is 43.0 Å². The number of rotatable bonds is 8. The van der Waals surface area contributed by atoms with Crippen molar-refractivity contribution in [3.8, 4) is 5.75 Å². The maximum Gasteiger partial charge on any atom is 0.181 e. The Balaban J connectivity index is 1.26. The average Bonchev–Trinajstić information content (AvgIpc) is 3.53. The van der Waals surface area contributed by atoms with Gasteiger partial charge in [-0.3, -0.25) is 4.40 Å². The second kappa shape index (κ2) is 9.05. The molecule has 1 aliphatic heterocycles. The number of nitrogens with zero attached hydrogens (tertiary/aromatic N) is 4. The maximum absolute atomic E-state index is 6.78. The minimum atomic E-state index is 0.531. The number of ether oxygens (including phenoxy) is 2. The number of pyridine rings is 1. The number of aromatic nitrogens is 3. The highest BCUT2D eigenvalue weighted by Gasteiger charge is 2.26. The van der Waals surface area contributed by atoms with Crippen molar-refractivity contribution >= 4 is 22.9 Å². The molecule has 1 saturated carbocycles. The molecule has 0 unspecified atom stereocenters. The SMILES string of the molecule is COCCOc1cccc(C2CCN(c3ccn4c(CC5CC5)nnc4c3Cl)CC2)c1. The third-order valence-electron chi connectivity index (χ3n) is 6.46. The van der Waals surface area contributed by atoms with Gasteiger partial charge in [-0.2, -0.15) is 0 Å². The zero-order valence-corrected chi connectivity index (χ0v) is 18.7. The van der Waals surface area contributed by atoms with E-state index in [4.69, 9.17) is 21.1 Å². The largest absolute Gasteiger partial charge is 0.491 e. The predicted octanol–water partition coefficient (Wildman–Crippen LogP) is 4.74. The van der Waals surface area contributed by atoms with Crippen molar-refractivity contribution in [2.75, 3.05) is 38.3 Å². The summed E-state index contributed by atoms with van der Waals surface area (Å²) in [4.78, 5) is 2.38. The molecule has 0 atom stereocenters. The summed E-state index contributed by atoms with van der Waals surface area (Å²) in [5, 5.41) is 9.50. The van der Waals surface area contributed by atoms with Crippen LogP contribution < -0.4 is 9.64 Å². The van der Waals surface area contributed by atoms with Gasteiger partial charge in [0.15, 0.2) is 5.65 Å². The van der Waals surface area contributed by atoms with Gasteiger partial charge in [0.1, 0.15) is 23.2 Å². The Hall–Kier alpha value is -2.31. The van der Waals surface area contributed by atoms with Crippen LogP contribution in [-0.2, 0) is 11.2 Å². The summed E-state index contributed by atoms with van der Waals surface area (Å²) in [5.74, 6) is 3.24. The summed E-state index contributed by atoms with van der Waals surface area (Å²) in [6.07, 6.45) is 7.86. The quantitative estimate of drug-likeness (QED) is 0.473. The molecule has 7 heteroatoms. The summed E-state index contributed by atoms with van der Waals surface area (Å²) in [5.41, 5.74) is 3.19. The first-order valence-electron chi connectivity index (χ1n) is 11.2. The average molecular weight is 441 g/mol. The zero-order valence-electron chi connectivity index (χ0n) is 18.0. The first-order valence-corrected chi connectivity index (χ1v) is 11.6. The molecular weight excluding hydrogens is 412 g/mol. The first-order chi connectivity index (χ1) is 15.2. The molecular formula is C24H29ClN4O2. The highest BCUT2D eigenvalue weighted by atomic mass is 35.5. The smallest absolute Gasteiger partial charge is 0.181 e. The Morgan fingerprint density at radius 2 is 1.90 bits per heavy atom. The van der Waals surface area contributed by atoms with E-state index < -0.39 is 0 Å². The fraction of sp³-hybridized carbons (Fsp3) is 0.500. The molecule has 0 radical (unpaired) electrons. The van der Waals surface area contributed by atoms with E-state index in [2.05, 4.69) is 50.0 Å². The highest BCUT2D eigenvalue weighted by Crippen LogP contribution is 2.37. The van der Waals surface area contributed by atoms with Crippen molar-refractivity contribution < 1.29 is 9.47 Å². The number of anilines is 1. The zero-order chi connectivity index (χ0) is 21.2. The van der Waals surface area contributed by atoms with E-state index in [-0.39, 0.29) is 0 Å². The van der Waals surface area contributed by atoms with Crippen LogP contribution in [-0.4, -0.2) is 48.0 Å². The second-order valence-electron chi connectivity index (χ2n) is 8.65. The summed E-state index contributed by atoms with van der Waals surface area (Å²) >= 11 is 6.78. The van der Waals surface area contributed by atoms with Crippen molar-refractivity contribution in [1.82, 2.24) is 14.6 Å². The van der Waals surface area contributed by atoms with E-state index in [1.807, 2.05) is 6.07 Å². The van der Waals surface area contributed by atoms with Crippen LogP contribution in [0.4, 0.5) is 5.69 Å². The fourth-order valence-electron chi connectivity index (χ4n) is 4.48. The highest BCUT2D eigenvalue weighted by molar-refractivity contribution is 6.36. The lowest BCUT2D eigenvalue weighted by atomic mass is 9.89. The van der Waals surface area contributed by atoms with E-state index in [1.54, 1.807) is 7.11 Å². The Morgan fingerprint density at radius 3 is 2.68 bits per heavy atom. The minimum absolute atomic E-state index is 0.531. The van der Waals surface area contributed by atoms with Crippen LogP contribution in [0, 0.1) is 5.92 Å². The van der Waals surface area contributed by atoms with Crippen molar-refractivity contribution in [3.63, 3.8) is 0 Å². The molecule has 0 spiro atoms. The number of hydrogen-bond donors (Lipinski definition) is 0. The summed E-state index contributed by atoms with van der Waals surface area (Å²) in [6.45, 7) is 3.11. The van der Waals surface area contributed by atoms with Gasteiger partial charge >= 0.3 is 0 Å². The molecule has 0 bridgehead atoms. The van der Waals surface area contributed by atoms with Crippen LogP contribution >= 0.6 is 11.6 Å². The second-order valence-corrected chi connectivity index (χ2v) is 9.03. The Labute approximate surface area is 188 Å². The number of hydrogen-bond acceptors (Lipinski definition) is 5. The summed E-state index contributed by atoms with van der Waals surface area (Å²) in [7, 11) is 1.69. The van der Waals surface area contributed by atoms with E-state index in [1.165, 1.54) is 18.4 Å². The van der Waals surface area contributed by atoms with Crippen LogP contribution in [0.3, 0.4) is 0 Å². The molecule has 1 saturated heterocycles. The van der Waals surface area contributed by atoms with E-state index >= 15 is 0 Å². The molecule has 1 aromatic carbocycles. The van der Waals surface area contributed by atoms with Gasteiger partial charge in [-0.25, -0.2) is 0 Å². The molecule has 1 aliphatic carbocycles. The molecule has 3 heterocycles. The van der Waals surface area contributed by atoms with Crippen LogP contribution in [0.25, 0.3) is 5.65 Å². The maximum atomic E-state index is 6.78. The number of benzene rings is 1. The van der Waals surface area contributed by atoms with Gasteiger partial charge in [0.05, 0.1) is 12.3 Å². The van der Waals surface area contributed by atoms with Gasteiger partial charge in [0.25, 0.3) is 0 Å². The fourth-order valence-corrected chi connectivity index (χ4v) is 4.79. The number of fused-ring (bicyclic) bond motifs is 1. The van der Waals surface area contributed by atoms with Crippen LogP contribution in [0.2, 0.25) is 5.02 Å². The number of piperidine rings is 1. The lowest BCUT2D eigenvalue weighted by Gasteiger charge is -2.34. The van der Waals surface area contributed by atoms with Gasteiger partial charge in [-0.05, 0) is 61.3 Å². The van der Waals surface area contributed by atoms with Gasteiger partial charge < -0.3 is 14.4 Å². The summed E-state index contributed by atoms with van der Waals surface area (Å²) in [6, 6.07) is 10.6. The molecule has 3 aromatic rings. The van der Waals surface area contributed by atoms with Crippen molar-refractivity contribution in [1.29, 1.82) is 0 Å². The Bertz CT molecular complexity index is 1040. The topological polar surface area (TPSA) is 51.9 Å². The van der Waals surface area contributed by atoms with Gasteiger partial charge in [-0.1, -0.05) is 23.7 Å². The number of methoxy groups -OCH3 is 1. The Kier molecular flexibility index (Phi) is 6.01. The normalized spacial score (nSPS) is 17.4. The molecule has 5 rings (SSSR count). The molecule has 2 aromatic heterocycles. The lowest BCUT2D eigenvalue weighted by molar-refractivity contribution is 0.146.